The van der Waals surface area contributed by atoms with E-state index in [9.17, 15) is 5.11 Å². The molecule has 1 atom stereocenters. The Kier molecular flexibility index (Phi) is 6.03. The molecule has 0 amide bonds. The molecule has 0 saturated carbocycles. The number of rotatable bonds is 6. The Bertz CT molecular complexity index is 719. The van der Waals surface area contributed by atoms with E-state index in [0.29, 0.717) is 0 Å². The van der Waals surface area contributed by atoms with Crippen molar-refractivity contribution < 1.29 is 5.11 Å². The van der Waals surface area contributed by atoms with Gasteiger partial charge in [0.1, 0.15) is 6.33 Å². The van der Waals surface area contributed by atoms with Crippen LogP contribution in [0.5, 0.6) is 0 Å². The van der Waals surface area contributed by atoms with Crippen molar-refractivity contribution in [2.24, 2.45) is 0 Å². The van der Waals surface area contributed by atoms with Gasteiger partial charge in [0.15, 0.2) is 0 Å². The molecule has 0 spiro atoms. The molecule has 1 saturated heterocycles. The van der Waals surface area contributed by atoms with Crippen LogP contribution in [0.1, 0.15) is 35.8 Å². The van der Waals surface area contributed by atoms with Gasteiger partial charge in [-0.05, 0) is 37.0 Å². The van der Waals surface area contributed by atoms with E-state index in [0.717, 1.165) is 57.8 Å². The van der Waals surface area contributed by atoms with Crippen molar-refractivity contribution in [2.75, 3.05) is 39.3 Å². The second kappa shape index (κ2) is 8.84. The first-order valence-electron chi connectivity index (χ1n) is 9.88. The van der Waals surface area contributed by atoms with E-state index >= 15 is 0 Å². The summed E-state index contributed by atoms with van der Waals surface area (Å²) in [5, 5.41) is 14.2. The predicted molar refractivity (Wildman–Crippen MR) is 103 cm³/mol. The van der Waals surface area contributed by atoms with E-state index in [2.05, 4.69) is 31.0 Å². The van der Waals surface area contributed by atoms with Crippen LogP contribution in [0.15, 0.2) is 36.9 Å². The lowest BCUT2D eigenvalue weighted by Crippen LogP contribution is -2.55. The molecule has 144 valence electrons. The largest absolute Gasteiger partial charge is 0.395 e. The number of aliphatic hydroxyl groups is 1. The molecule has 2 aliphatic rings. The molecular formula is C20H28N6O. The van der Waals surface area contributed by atoms with Crippen LogP contribution in [-0.2, 0) is 13.0 Å². The van der Waals surface area contributed by atoms with Gasteiger partial charge in [-0.1, -0.05) is 6.07 Å². The van der Waals surface area contributed by atoms with Crippen molar-refractivity contribution in [3.63, 3.8) is 0 Å². The second-order valence-corrected chi connectivity index (χ2v) is 7.27. The second-order valence-electron chi connectivity index (χ2n) is 7.27. The molecule has 4 rings (SSSR count). The van der Waals surface area contributed by atoms with Gasteiger partial charge < -0.3 is 5.11 Å². The fourth-order valence-corrected chi connectivity index (χ4v) is 4.22. The molecule has 1 aliphatic carbocycles. The van der Waals surface area contributed by atoms with Gasteiger partial charge in [0.25, 0.3) is 0 Å². The number of hydrogen-bond donors (Lipinski definition) is 1. The molecule has 1 unspecified atom stereocenters. The average Bonchev–Trinajstić information content (AvgIpc) is 2.73. The van der Waals surface area contributed by atoms with E-state index in [1.807, 2.05) is 24.5 Å². The highest BCUT2D eigenvalue weighted by Crippen LogP contribution is 2.34. The quantitative estimate of drug-likeness (QED) is 0.824. The number of pyridine rings is 1. The Morgan fingerprint density at radius 2 is 2.00 bits per heavy atom. The number of hydrogen-bond acceptors (Lipinski definition) is 7. The first kappa shape index (κ1) is 18.4. The summed E-state index contributed by atoms with van der Waals surface area (Å²) in [5.74, 6) is 0. The lowest BCUT2D eigenvalue weighted by Gasteiger charge is -2.45. The molecule has 7 nitrogen and oxygen atoms in total. The van der Waals surface area contributed by atoms with Crippen LogP contribution < -0.4 is 0 Å². The fraction of sp³-hybridized carbons (Fsp3) is 0.550. The standard InChI is InChI=1S/C20H28N6O/c27-14-13-24-9-11-25(12-10-24)26(15-18-6-8-21-16-23-18)19-5-1-3-17-4-2-7-22-20(17)19/h2,4,6-8,16,19,27H,1,3,5,9-15H2. The third kappa shape index (κ3) is 4.32. The molecule has 0 bridgehead atoms. The van der Waals surface area contributed by atoms with Crippen LogP contribution in [0.4, 0.5) is 0 Å². The highest BCUT2D eigenvalue weighted by atomic mass is 16.3. The number of piperazine rings is 1. The highest BCUT2D eigenvalue weighted by molar-refractivity contribution is 5.25. The van der Waals surface area contributed by atoms with E-state index in [4.69, 9.17) is 4.98 Å². The Morgan fingerprint density at radius 3 is 2.78 bits per heavy atom. The zero-order chi connectivity index (χ0) is 18.5. The normalized spacial score (nSPS) is 21.3. The maximum atomic E-state index is 9.21. The number of hydrazine groups is 1. The molecule has 1 N–H and O–H groups in total. The summed E-state index contributed by atoms with van der Waals surface area (Å²) in [6, 6.07) is 6.55. The van der Waals surface area contributed by atoms with Gasteiger partial charge in [-0.25, -0.2) is 20.0 Å². The molecule has 0 aromatic carbocycles. The first-order chi connectivity index (χ1) is 13.3. The predicted octanol–water partition coefficient (Wildman–Crippen LogP) is 1.28. The van der Waals surface area contributed by atoms with Crippen LogP contribution in [-0.4, -0.2) is 74.3 Å². The van der Waals surface area contributed by atoms with Gasteiger partial charge in [0.2, 0.25) is 0 Å². The zero-order valence-corrected chi connectivity index (χ0v) is 15.7. The SMILES string of the molecule is OCCN1CCN(N(Cc2ccncn2)C2CCCc3cccnc32)CC1. The Morgan fingerprint density at radius 1 is 1.11 bits per heavy atom. The Hall–Kier alpha value is -1.93. The molecule has 1 aliphatic heterocycles. The monoisotopic (exact) mass is 368 g/mol. The number of aryl methyl sites for hydroxylation is 1. The van der Waals surface area contributed by atoms with Gasteiger partial charge in [-0.3, -0.25) is 9.88 Å². The van der Waals surface area contributed by atoms with Crippen LogP contribution in [0, 0.1) is 0 Å². The number of fused-ring (bicyclic) bond motifs is 1. The van der Waals surface area contributed by atoms with Crippen LogP contribution >= 0.6 is 0 Å². The summed E-state index contributed by atoms with van der Waals surface area (Å²) >= 11 is 0. The lowest BCUT2D eigenvalue weighted by atomic mass is 9.91. The van der Waals surface area contributed by atoms with Gasteiger partial charge >= 0.3 is 0 Å². The fourth-order valence-electron chi connectivity index (χ4n) is 4.22. The Labute approximate surface area is 160 Å². The first-order valence-corrected chi connectivity index (χ1v) is 9.88. The molecule has 7 heteroatoms. The van der Waals surface area contributed by atoms with Gasteiger partial charge in [-0.15, -0.1) is 0 Å². The zero-order valence-electron chi connectivity index (χ0n) is 15.7. The summed E-state index contributed by atoms with van der Waals surface area (Å²) in [5.41, 5.74) is 3.63. The Balaban J connectivity index is 1.57. The minimum Gasteiger partial charge on any atom is -0.395 e. The molecule has 27 heavy (non-hydrogen) atoms. The third-order valence-corrected chi connectivity index (χ3v) is 5.62. The van der Waals surface area contributed by atoms with Crippen molar-refractivity contribution >= 4 is 0 Å². The van der Waals surface area contributed by atoms with Crippen molar-refractivity contribution in [2.45, 2.75) is 31.8 Å². The highest BCUT2D eigenvalue weighted by Gasteiger charge is 2.32. The summed E-state index contributed by atoms with van der Waals surface area (Å²) in [4.78, 5) is 15.6. The van der Waals surface area contributed by atoms with Crippen molar-refractivity contribution in [3.8, 4) is 0 Å². The van der Waals surface area contributed by atoms with Crippen LogP contribution in [0.2, 0.25) is 0 Å². The average molecular weight is 368 g/mol. The van der Waals surface area contributed by atoms with Gasteiger partial charge in [0.05, 0.1) is 30.6 Å². The molecule has 3 heterocycles. The maximum Gasteiger partial charge on any atom is 0.115 e. The van der Waals surface area contributed by atoms with E-state index in [1.165, 1.54) is 17.7 Å². The molecule has 1 fully saturated rings. The van der Waals surface area contributed by atoms with E-state index < -0.39 is 0 Å². The number of aromatic nitrogens is 3. The summed E-state index contributed by atoms with van der Waals surface area (Å²) in [6.07, 6.45) is 8.77. The summed E-state index contributed by atoms with van der Waals surface area (Å²) in [7, 11) is 0. The van der Waals surface area contributed by atoms with Crippen LogP contribution in [0.25, 0.3) is 0 Å². The van der Waals surface area contributed by atoms with E-state index in [1.54, 1.807) is 6.33 Å². The van der Waals surface area contributed by atoms with Crippen molar-refractivity contribution in [3.05, 3.63) is 53.9 Å². The lowest BCUT2D eigenvalue weighted by molar-refractivity contribution is -0.102. The number of aliphatic hydroxyl groups excluding tert-OH is 1. The minimum atomic E-state index is 0.227. The molecule has 0 radical (unpaired) electrons. The minimum absolute atomic E-state index is 0.227. The molecule has 2 aromatic heterocycles. The molecular weight excluding hydrogens is 340 g/mol. The summed E-state index contributed by atoms with van der Waals surface area (Å²) in [6.45, 7) is 5.63. The van der Waals surface area contributed by atoms with E-state index in [-0.39, 0.29) is 12.6 Å². The third-order valence-electron chi connectivity index (χ3n) is 5.62. The summed E-state index contributed by atoms with van der Waals surface area (Å²) < 4.78 is 0. The number of nitrogens with zero attached hydrogens (tertiary/aromatic N) is 6. The smallest absolute Gasteiger partial charge is 0.115 e. The van der Waals surface area contributed by atoms with Gasteiger partial charge in [0, 0.05) is 45.1 Å². The number of β-amino-alcohol motifs (C(OH)–C–C–N with tert-alkyl or cyclic N) is 1. The van der Waals surface area contributed by atoms with Gasteiger partial charge in [-0.2, -0.15) is 0 Å². The maximum absolute atomic E-state index is 9.21. The van der Waals surface area contributed by atoms with Crippen molar-refractivity contribution in [1.29, 1.82) is 0 Å². The topological polar surface area (TPSA) is 68.6 Å². The molecule has 2 aromatic rings. The van der Waals surface area contributed by atoms with Crippen LogP contribution in [0.3, 0.4) is 0 Å². The van der Waals surface area contributed by atoms with Crippen molar-refractivity contribution in [1.82, 2.24) is 29.9 Å².